The second-order valence-corrected chi connectivity index (χ2v) is 6.08. The van der Waals surface area contributed by atoms with Crippen LogP contribution < -0.4 is 5.32 Å². The van der Waals surface area contributed by atoms with Gasteiger partial charge >= 0.3 is 5.97 Å². The molecular formula is C17H20N2O3. The molecule has 0 spiro atoms. The van der Waals surface area contributed by atoms with Crippen LogP contribution in [-0.4, -0.2) is 28.0 Å². The summed E-state index contributed by atoms with van der Waals surface area (Å²) in [5.41, 5.74) is 3.47. The Hall–Kier alpha value is -2.30. The van der Waals surface area contributed by atoms with E-state index in [1.165, 1.54) is 10.9 Å². The first-order chi connectivity index (χ1) is 10.5. The molecule has 1 heterocycles. The Morgan fingerprint density at radius 1 is 1.36 bits per heavy atom. The SMILES string of the molecule is Cc1cccc2c(CCC(=O)NC3CC(C(=O)O)C3)c[nH]c12. The Kier molecular flexibility index (Phi) is 3.88. The average Bonchev–Trinajstić information content (AvgIpc) is 2.84. The minimum Gasteiger partial charge on any atom is -0.481 e. The largest absolute Gasteiger partial charge is 0.481 e. The van der Waals surface area contributed by atoms with Crippen LogP contribution in [0.5, 0.6) is 0 Å². The summed E-state index contributed by atoms with van der Waals surface area (Å²) < 4.78 is 0. The number of para-hydroxylation sites is 1. The highest BCUT2D eigenvalue weighted by Gasteiger charge is 2.35. The third-order valence-electron chi connectivity index (χ3n) is 4.48. The van der Waals surface area contributed by atoms with Crippen LogP contribution in [0, 0.1) is 12.8 Å². The molecule has 0 atom stereocenters. The van der Waals surface area contributed by atoms with Crippen LogP contribution >= 0.6 is 0 Å². The molecule has 1 aliphatic carbocycles. The third-order valence-corrected chi connectivity index (χ3v) is 4.48. The number of nitrogens with one attached hydrogen (secondary N) is 2. The van der Waals surface area contributed by atoms with Gasteiger partial charge in [0.2, 0.25) is 5.91 Å². The van der Waals surface area contributed by atoms with Gasteiger partial charge in [-0.1, -0.05) is 18.2 Å². The van der Waals surface area contributed by atoms with E-state index in [2.05, 4.69) is 29.4 Å². The van der Waals surface area contributed by atoms with Crippen molar-refractivity contribution in [1.29, 1.82) is 0 Å². The summed E-state index contributed by atoms with van der Waals surface area (Å²) in [4.78, 5) is 25.9. The second-order valence-electron chi connectivity index (χ2n) is 6.08. The monoisotopic (exact) mass is 300 g/mol. The number of hydrogen-bond acceptors (Lipinski definition) is 2. The van der Waals surface area contributed by atoms with E-state index < -0.39 is 5.97 Å². The number of benzene rings is 1. The van der Waals surface area contributed by atoms with E-state index in [0.717, 1.165) is 11.1 Å². The zero-order chi connectivity index (χ0) is 15.7. The van der Waals surface area contributed by atoms with Crippen LogP contribution in [0.2, 0.25) is 0 Å². The number of amides is 1. The summed E-state index contributed by atoms with van der Waals surface area (Å²) in [5.74, 6) is -1.06. The lowest BCUT2D eigenvalue weighted by Crippen LogP contribution is -2.46. The van der Waals surface area contributed by atoms with E-state index >= 15 is 0 Å². The number of aliphatic carboxylic acids is 1. The van der Waals surface area contributed by atoms with Crippen LogP contribution in [0.3, 0.4) is 0 Å². The number of hydrogen-bond donors (Lipinski definition) is 3. The summed E-state index contributed by atoms with van der Waals surface area (Å²) in [6, 6.07) is 6.18. The van der Waals surface area contributed by atoms with E-state index in [1.807, 2.05) is 12.3 Å². The van der Waals surface area contributed by atoms with E-state index in [0.29, 0.717) is 25.7 Å². The summed E-state index contributed by atoms with van der Waals surface area (Å²) in [6.07, 6.45) is 4.18. The fraction of sp³-hybridized carbons (Fsp3) is 0.412. The predicted molar refractivity (Wildman–Crippen MR) is 83.6 cm³/mol. The Bertz CT molecular complexity index is 714. The number of aromatic amines is 1. The summed E-state index contributed by atoms with van der Waals surface area (Å²) in [7, 11) is 0. The lowest BCUT2D eigenvalue weighted by atomic mass is 9.80. The minimum absolute atomic E-state index is 0.00385. The summed E-state index contributed by atoms with van der Waals surface area (Å²) in [6.45, 7) is 2.06. The van der Waals surface area contributed by atoms with E-state index in [-0.39, 0.29) is 17.9 Å². The van der Waals surface area contributed by atoms with Crippen molar-refractivity contribution in [1.82, 2.24) is 10.3 Å². The van der Waals surface area contributed by atoms with Crippen molar-refractivity contribution in [3.63, 3.8) is 0 Å². The zero-order valence-corrected chi connectivity index (χ0v) is 12.6. The maximum Gasteiger partial charge on any atom is 0.306 e. The second kappa shape index (κ2) is 5.83. The highest BCUT2D eigenvalue weighted by molar-refractivity contribution is 5.86. The zero-order valence-electron chi connectivity index (χ0n) is 12.6. The molecule has 1 aromatic carbocycles. The standard InChI is InChI=1S/C17H20N2O3/c1-10-3-2-4-14-11(9-18-16(10)14)5-6-15(20)19-13-7-12(8-13)17(21)22/h2-4,9,12-13,18H,5-8H2,1H3,(H,19,20)(H,21,22). The number of carboxylic acid groups (broad SMARTS) is 1. The highest BCUT2D eigenvalue weighted by atomic mass is 16.4. The van der Waals surface area contributed by atoms with Crippen molar-refractivity contribution < 1.29 is 14.7 Å². The van der Waals surface area contributed by atoms with Gasteiger partial charge in [0.25, 0.3) is 0 Å². The van der Waals surface area contributed by atoms with Crippen molar-refractivity contribution in [2.45, 2.75) is 38.6 Å². The van der Waals surface area contributed by atoms with Crippen molar-refractivity contribution in [2.75, 3.05) is 0 Å². The first kappa shape index (κ1) is 14.6. The number of carboxylic acids is 1. The number of carbonyl (C=O) groups excluding carboxylic acids is 1. The van der Waals surface area contributed by atoms with Crippen LogP contribution in [0.25, 0.3) is 10.9 Å². The van der Waals surface area contributed by atoms with Gasteiger partial charge in [-0.25, -0.2) is 0 Å². The molecule has 1 saturated carbocycles. The van der Waals surface area contributed by atoms with Gasteiger partial charge in [0.1, 0.15) is 0 Å². The van der Waals surface area contributed by atoms with Crippen molar-refractivity contribution in [2.24, 2.45) is 5.92 Å². The Morgan fingerprint density at radius 3 is 2.86 bits per heavy atom. The van der Waals surface area contributed by atoms with Gasteiger partial charge < -0.3 is 15.4 Å². The Balaban J connectivity index is 1.53. The molecule has 2 aromatic rings. The topological polar surface area (TPSA) is 82.2 Å². The lowest BCUT2D eigenvalue weighted by Gasteiger charge is -2.32. The van der Waals surface area contributed by atoms with Crippen molar-refractivity contribution >= 4 is 22.8 Å². The fourth-order valence-corrected chi connectivity index (χ4v) is 3.06. The van der Waals surface area contributed by atoms with Gasteiger partial charge in [-0.15, -0.1) is 0 Å². The molecule has 0 bridgehead atoms. The molecule has 1 aliphatic rings. The molecule has 1 aromatic heterocycles. The Morgan fingerprint density at radius 2 is 2.14 bits per heavy atom. The molecule has 116 valence electrons. The van der Waals surface area contributed by atoms with Gasteiger partial charge in [0.15, 0.2) is 0 Å². The molecule has 3 N–H and O–H groups in total. The van der Waals surface area contributed by atoms with E-state index in [9.17, 15) is 9.59 Å². The van der Waals surface area contributed by atoms with Gasteiger partial charge in [-0.05, 0) is 37.3 Å². The van der Waals surface area contributed by atoms with E-state index in [4.69, 9.17) is 5.11 Å². The van der Waals surface area contributed by atoms with Gasteiger partial charge in [-0.3, -0.25) is 9.59 Å². The number of aromatic nitrogens is 1. The van der Waals surface area contributed by atoms with Crippen LogP contribution in [0.4, 0.5) is 0 Å². The molecule has 22 heavy (non-hydrogen) atoms. The molecule has 5 heteroatoms. The molecule has 0 saturated heterocycles. The Labute approximate surface area is 128 Å². The third kappa shape index (κ3) is 2.84. The summed E-state index contributed by atoms with van der Waals surface area (Å²) in [5, 5.41) is 12.9. The number of rotatable bonds is 5. The molecule has 0 aliphatic heterocycles. The van der Waals surface area contributed by atoms with Crippen molar-refractivity contribution in [3.8, 4) is 0 Å². The van der Waals surface area contributed by atoms with Crippen LogP contribution in [0.1, 0.15) is 30.4 Å². The van der Waals surface area contributed by atoms with E-state index in [1.54, 1.807) is 0 Å². The van der Waals surface area contributed by atoms with Gasteiger partial charge in [0.05, 0.1) is 5.92 Å². The maximum atomic E-state index is 12.0. The molecule has 5 nitrogen and oxygen atoms in total. The number of fused-ring (bicyclic) bond motifs is 1. The fourth-order valence-electron chi connectivity index (χ4n) is 3.06. The quantitative estimate of drug-likeness (QED) is 0.793. The molecule has 1 fully saturated rings. The molecular weight excluding hydrogens is 280 g/mol. The average molecular weight is 300 g/mol. The lowest BCUT2D eigenvalue weighted by molar-refractivity contribution is -0.146. The van der Waals surface area contributed by atoms with Crippen LogP contribution in [-0.2, 0) is 16.0 Å². The molecule has 1 amide bonds. The predicted octanol–water partition coefficient (Wildman–Crippen LogP) is 2.39. The highest BCUT2D eigenvalue weighted by Crippen LogP contribution is 2.27. The number of carbonyl (C=O) groups is 2. The smallest absolute Gasteiger partial charge is 0.306 e. The van der Waals surface area contributed by atoms with Gasteiger partial charge in [0, 0.05) is 29.6 Å². The first-order valence-electron chi connectivity index (χ1n) is 7.62. The minimum atomic E-state index is -0.764. The van der Waals surface area contributed by atoms with Gasteiger partial charge in [-0.2, -0.15) is 0 Å². The first-order valence-corrected chi connectivity index (χ1v) is 7.62. The number of aryl methyl sites for hydroxylation is 2. The summed E-state index contributed by atoms with van der Waals surface area (Å²) >= 11 is 0. The van der Waals surface area contributed by atoms with Crippen LogP contribution in [0.15, 0.2) is 24.4 Å². The normalized spacial score (nSPS) is 20.6. The van der Waals surface area contributed by atoms with Crippen molar-refractivity contribution in [3.05, 3.63) is 35.5 Å². The number of H-pyrrole nitrogens is 1. The molecule has 0 unspecified atom stereocenters. The molecule has 0 radical (unpaired) electrons. The molecule has 3 rings (SSSR count). The maximum absolute atomic E-state index is 12.0.